The second kappa shape index (κ2) is 5.71. The van der Waals surface area contributed by atoms with E-state index < -0.39 is 0 Å². The SMILES string of the molecule is Cc1ccc(C(N)c2ccc(C)o2)c(Br)c1.Cl. The van der Waals surface area contributed by atoms with Gasteiger partial charge in [-0.15, -0.1) is 12.4 Å². The average molecular weight is 317 g/mol. The fourth-order valence-electron chi connectivity index (χ4n) is 1.66. The molecule has 17 heavy (non-hydrogen) atoms. The summed E-state index contributed by atoms with van der Waals surface area (Å²) in [6.45, 7) is 3.97. The summed E-state index contributed by atoms with van der Waals surface area (Å²) < 4.78 is 6.56. The molecule has 1 aromatic heterocycles. The average Bonchev–Trinajstić information content (AvgIpc) is 2.64. The van der Waals surface area contributed by atoms with E-state index in [1.165, 1.54) is 5.56 Å². The first kappa shape index (κ1) is 14.3. The molecule has 92 valence electrons. The third-order valence-electron chi connectivity index (χ3n) is 2.56. The van der Waals surface area contributed by atoms with Crippen molar-refractivity contribution in [2.24, 2.45) is 5.73 Å². The van der Waals surface area contributed by atoms with Crippen LogP contribution in [0.3, 0.4) is 0 Å². The number of benzene rings is 1. The number of aryl methyl sites for hydroxylation is 2. The fourth-order valence-corrected chi connectivity index (χ4v) is 2.40. The van der Waals surface area contributed by atoms with Gasteiger partial charge in [-0.05, 0) is 43.2 Å². The topological polar surface area (TPSA) is 39.2 Å². The lowest BCUT2D eigenvalue weighted by molar-refractivity contribution is 0.466. The van der Waals surface area contributed by atoms with Crippen LogP contribution in [-0.4, -0.2) is 0 Å². The van der Waals surface area contributed by atoms with Crippen molar-refractivity contribution in [3.05, 3.63) is 57.5 Å². The van der Waals surface area contributed by atoms with Gasteiger partial charge in [0.25, 0.3) is 0 Å². The molecule has 1 aromatic carbocycles. The molecule has 4 heteroatoms. The lowest BCUT2D eigenvalue weighted by atomic mass is 10.0. The Labute approximate surface area is 116 Å². The normalized spacial score (nSPS) is 12.0. The molecule has 0 radical (unpaired) electrons. The van der Waals surface area contributed by atoms with Crippen molar-refractivity contribution in [3.8, 4) is 0 Å². The quantitative estimate of drug-likeness (QED) is 0.905. The predicted molar refractivity (Wildman–Crippen MR) is 75.6 cm³/mol. The number of nitrogens with two attached hydrogens (primary N) is 1. The van der Waals surface area contributed by atoms with Gasteiger partial charge >= 0.3 is 0 Å². The summed E-state index contributed by atoms with van der Waals surface area (Å²) in [6.07, 6.45) is 0. The molecule has 0 aliphatic carbocycles. The first-order valence-corrected chi connectivity index (χ1v) is 5.95. The summed E-state index contributed by atoms with van der Waals surface area (Å²) >= 11 is 3.53. The minimum Gasteiger partial charge on any atom is -0.464 e. The number of halogens is 2. The zero-order valence-corrected chi connectivity index (χ0v) is 12.1. The molecule has 1 heterocycles. The summed E-state index contributed by atoms with van der Waals surface area (Å²) in [5.41, 5.74) is 8.41. The Morgan fingerprint density at radius 1 is 1.18 bits per heavy atom. The summed E-state index contributed by atoms with van der Waals surface area (Å²) in [5, 5.41) is 0. The Bertz CT molecular complexity index is 510. The third kappa shape index (κ3) is 3.12. The number of furan rings is 1. The van der Waals surface area contributed by atoms with Crippen molar-refractivity contribution >= 4 is 28.3 Å². The van der Waals surface area contributed by atoms with E-state index in [9.17, 15) is 0 Å². The van der Waals surface area contributed by atoms with Crippen LogP contribution in [0.25, 0.3) is 0 Å². The van der Waals surface area contributed by atoms with Crippen molar-refractivity contribution in [2.45, 2.75) is 19.9 Å². The molecule has 0 saturated carbocycles. The Kier molecular flexibility index (Phi) is 4.80. The predicted octanol–water partition coefficient (Wildman–Crippen LogP) is 4.13. The van der Waals surface area contributed by atoms with Crippen molar-refractivity contribution < 1.29 is 4.42 Å². The highest BCUT2D eigenvalue weighted by atomic mass is 79.9. The first-order chi connectivity index (χ1) is 7.58. The monoisotopic (exact) mass is 315 g/mol. The van der Waals surface area contributed by atoms with Crippen molar-refractivity contribution in [1.29, 1.82) is 0 Å². The zero-order chi connectivity index (χ0) is 11.7. The molecule has 0 saturated heterocycles. The maximum absolute atomic E-state index is 6.16. The van der Waals surface area contributed by atoms with E-state index in [2.05, 4.69) is 35.0 Å². The van der Waals surface area contributed by atoms with E-state index >= 15 is 0 Å². The zero-order valence-electron chi connectivity index (χ0n) is 9.74. The molecule has 0 bridgehead atoms. The van der Waals surface area contributed by atoms with E-state index in [-0.39, 0.29) is 18.4 Å². The van der Waals surface area contributed by atoms with Crippen LogP contribution in [-0.2, 0) is 0 Å². The van der Waals surface area contributed by atoms with Crippen LogP contribution in [0.15, 0.2) is 39.2 Å². The molecule has 0 spiro atoms. The first-order valence-electron chi connectivity index (χ1n) is 5.16. The molecule has 2 nitrogen and oxygen atoms in total. The summed E-state index contributed by atoms with van der Waals surface area (Å²) in [7, 11) is 0. The number of hydrogen-bond donors (Lipinski definition) is 1. The van der Waals surface area contributed by atoms with Crippen LogP contribution in [0.2, 0.25) is 0 Å². The van der Waals surface area contributed by atoms with Crippen molar-refractivity contribution in [3.63, 3.8) is 0 Å². The molecular formula is C13H15BrClNO. The van der Waals surface area contributed by atoms with Crippen LogP contribution in [0.4, 0.5) is 0 Å². The summed E-state index contributed by atoms with van der Waals surface area (Å²) in [5.74, 6) is 1.68. The smallest absolute Gasteiger partial charge is 0.125 e. The van der Waals surface area contributed by atoms with Crippen LogP contribution in [0.1, 0.15) is 28.7 Å². The molecule has 0 aliphatic rings. The van der Waals surface area contributed by atoms with Crippen LogP contribution < -0.4 is 5.73 Å². The van der Waals surface area contributed by atoms with Gasteiger partial charge in [-0.1, -0.05) is 28.1 Å². The van der Waals surface area contributed by atoms with Gasteiger partial charge in [0.2, 0.25) is 0 Å². The molecular weight excluding hydrogens is 302 g/mol. The van der Waals surface area contributed by atoms with Crippen LogP contribution >= 0.6 is 28.3 Å². The Morgan fingerprint density at radius 2 is 1.88 bits per heavy atom. The van der Waals surface area contributed by atoms with Gasteiger partial charge in [-0.3, -0.25) is 0 Å². The van der Waals surface area contributed by atoms with E-state index in [0.29, 0.717) is 0 Å². The largest absolute Gasteiger partial charge is 0.464 e. The summed E-state index contributed by atoms with van der Waals surface area (Å²) in [6, 6.07) is 9.77. The van der Waals surface area contributed by atoms with Gasteiger partial charge in [-0.2, -0.15) is 0 Å². The maximum atomic E-state index is 6.16. The standard InChI is InChI=1S/C13H14BrNO.ClH/c1-8-3-5-10(11(14)7-8)13(15)12-6-4-9(2)16-12;/h3-7,13H,15H2,1-2H3;1H. The highest BCUT2D eigenvalue weighted by Crippen LogP contribution is 2.28. The highest BCUT2D eigenvalue weighted by molar-refractivity contribution is 9.10. The van der Waals surface area contributed by atoms with Gasteiger partial charge in [0.1, 0.15) is 11.5 Å². The lowest BCUT2D eigenvalue weighted by Crippen LogP contribution is -2.11. The minimum absolute atomic E-state index is 0. The Balaban J connectivity index is 0.00000144. The van der Waals surface area contributed by atoms with Gasteiger partial charge in [0.15, 0.2) is 0 Å². The van der Waals surface area contributed by atoms with E-state index in [1.807, 2.05) is 25.1 Å². The molecule has 0 fully saturated rings. The number of hydrogen-bond acceptors (Lipinski definition) is 2. The van der Waals surface area contributed by atoms with Crippen molar-refractivity contribution in [1.82, 2.24) is 0 Å². The Hall–Kier alpha value is -0.770. The molecule has 2 aromatic rings. The van der Waals surface area contributed by atoms with E-state index in [4.69, 9.17) is 10.2 Å². The van der Waals surface area contributed by atoms with Gasteiger partial charge in [0, 0.05) is 4.47 Å². The molecule has 1 unspecified atom stereocenters. The third-order valence-corrected chi connectivity index (χ3v) is 3.25. The molecule has 2 N–H and O–H groups in total. The lowest BCUT2D eigenvalue weighted by Gasteiger charge is -2.12. The number of rotatable bonds is 2. The molecule has 2 rings (SSSR count). The summed E-state index contributed by atoms with van der Waals surface area (Å²) in [4.78, 5) is 0. The highest BCUT2D eigenvalue weighted by Gasteiger charge is 2.15. The van der Waals surface area contributed by atoms with Crippen LogP contribution in [0.5, 0.6) is 0 Å². The second-order valence-electron chi connectivity index (χ2n) is 3.95. The fraction of sp³-hybridized carbons (Fsp3) is 0.231. The maximum Gasteiger partial charge on any atom is 0.125 e. The van der Waals surface area contributed by atoms with Crippen molar-refractivity contribution in [2.75, 3.05) is 0 Å². The molecule has 0 amide bonds. The van der Waals surface area contributed by atoms with Gasteiger partial charge < -0.3 is 10.2 Å². The van der Waals surface area contributed by atoms with E-state index in [1.54, 1.807) is 0 Å². The minimum atomic E-state index is -0.219. The van der Waals surface area contributed by atoms with Gasteiger partial charge in [-0.25, -0.2) is 0 Å². The molecule has 0 aliphatic heterocycles. The van der Waals surface area contributed by atoms with Gasteiger partial charge in [0.05, 0.1) is 6.04 Å². The molecule has 1 atom stereocenters. The second-order valence-corrected chi connectivity index (χ2v) is 4.81. The van der Waals surface area contributed by atoms with Crippen LogP contribution in [0, 0.1) is 13.8 Å². The van der Waals surface area contributed by atoms with E-state index in [0.717, 1.165) is 21.6 Å². The Morgan fingerprint density at radius 3 is 2.41 bits per heavy atom.